The lowest BCUT2D eigenvalue weighted by Crippen LogP contribution is -2.51. The molecule has 0 radical (unpaired) electrons. The number of nitrogens with one attached hydrogen (secondary N) is 1. The molecule has 3 rings (SSSR count). The zero-order valence-electron chi connectivity index (χ0n) is 11.4. The van der Waals surface area contributed by atoms with Crippen molar-refractivity contribution in [2.24, 2.45) is 0 Å². The molecule has 1 saturated heterocycles. The molecular weight excluding hydrogens is 251 g/mol. The van der Waals surface area contributed by atoms with Gasteiger partial charge in [-0.05, 0) is 24.1 Å². The Morgan fingerprint density at radius 3 is 2.60 bits per heavy atom. The van der Waals surface area contributed by atoms with Crippen molar-refractivity contribution in [3.8, 4) is 0 Å². The van der Waals surface area contributed by atoms with E-state index in [2.05, 4.69) is 34.5 Å². The zero-order valence-corrected chi connectivity index (χ0v) is 11.4. The van der Waals surface area contributed by atoms with Crippen LogP contribution in [0.25, 0.3) is 0 Å². The summed E-state index contributed by atoms with van der Waals surface area (Å²) in [7, 11) is 0. The Morgan fingerprint density at radius 1 is 1.05 bits per heavy atom. The Morgan fingerprint density at radius 2 is 1.80 bits per heavy atom. The van der Waals surface area contributed by atoms with Gasteiger partial charge in [0.05, 0.1) is 5.69 Å². The van der Waals surface area contributed by atoms with Gasteiger partial charge in [0, 0.05) is 25.7 Å². The zero-order chi connectivity index (χ0) is 13.8. The van der Waals surface area contributed by atoms with Crippen LogP contribution >= 0.6 is 0 Å². The van der Waals surface area contributed by atoms with Crippen LogP contribution in [0.5, 0.6) is 0 Å². The molecule has 2 aromatic carbocycles. The van der Waals surface area contributed by atoms with Crippen molar-refractivity contribution in [3.63, 3.8) is 0 Å². The molecule has 0 aromatic heterocycles. The summed E-state index contributed by atoms with van der Waals surface area (Å²) in [5.74, 6) is -0.132. The third kappa shape index (κ3) is 2.99. The average Bonchev–Trinajstić information content (AvgIpc) is 2.49. The van der Waals surface area contributed by atoms with Crippen molar-refractivity contribution < 1.29 is 4.39 Å². The van der Waals surface area contributed by atoms with Crippen molar-refractivity contribution >= 4 is 5.69 Å². The molecule has 1 aliphatic rings. The van der Waals surface area contributed by atoms with Crippen LogP contribution in [0.15, 0.2) is 54.6 Å². The molecule has 3 heteroatoms. The molecule has 0 spiro atoms. The van der Waals surface area contributed by atoms with E-state index in [1.807, 2.05) is 18.2 Å². The SMILES string of the molecule is Fc1ccccc1N1CCNC(Cc2ccccc2)C1. The Labute approximate surface area is 119 Å². The number of nitrogens with zero attached hydrogens (tertiary/aromatic N) is 1. The van der Waals surface area contributed by atoms with E-state index in [1.165, 1.54) is 11.6 Å². The van der Waals surface area contributed by atoms with E-state index in [0.717, 1.165) is 26.1 Å². The molecule has 0 saturated carbocycles. The second-order valence-electron chi connectivity index (χ2n) is 5.24. The van der Waals surface area contributed by atoms with E-state index in [9.17, 15) is 4.39 Å². The third-order valence-corrected chi connectivity index (χ3v) is 3.77. The number of hydrogen-bond acceptors (Lipinski definition) is 2. The van der Waals surface area contributed by atoms with Crippen LogP contribution in [0.3, 0.4) is 0 Å². The van der Waals surface area contributed by atoms with E-state index in [0.29, 0.717) is 11.7 Å². The van der Waals surface area contributed by atoms with Crippen molar-refractivity contribution in [2.75, 3.05) is 24.5 Å². The smallest absolute Gasteiger partial charge is 0.146 e. The first kappa shape index (κ1) is 13.1. The molecule has 1 aliphatic heterocycles. The van der Waals surface area contributed by atoms with E-state index >= 15 is 0 Å². The summed E-state index contributed by atoms with van der Waals surface area (Å²) in [5.41, 5.74) is 2.03. The molecule has 1 N–H and O–H groups in total. The molecule has 2 aromatic rings. The maximum Gasteiger partial charge on any atom is 0.146 e. The van der Waals surface area contributed by atoms with E-state index in [-0.39, 0.29) is 5.82 Å². The maximum absolute atomic E-state index is 13.9. The Balaban J connectivity index is 1.69. The monoisotopic (exact) mass is 270 g/mol. The van der Waals surface area contributed by atoms with Crippen molar-refractivity contribution in [1.29, 1.82) is 0 Å². The lowest BCUT2D eigenvalue weighted by atomic mass is 10.0. The van der Waals surface area contributed by atoms with Gasteiger partial charge in [0.2, 0.25) is 0 Å². The summed E-state index contributed by atoms with van der Waals surface area (Å²) in [6.07, 6.45) is 0.978. The predicted octanol–water partition coefficient (Wildman–Crippen LogP) is 2.85. The second kappa shape index (κ2) is 6.06. The molecule has 1 atom stereocenters. The highest BCUT2D eigenvalue weighted by atomic mass is 19.1. The topological polar surface area (TPSA) is 15.3 Å². The number of anilines is 1. The average molecular weight is 270 g/mol. The third-order valence-electron chi connectivity index (χ3n) is 3.77. The van der Waals surface area contributed by atoms with Crippen LogP contribution in [-0.4, -0.2) is 25.7 Å². The standard InChI is InChI=1S/C17H19FN2/c18-16-8-4-5-9-17(16)20-11-10-19-15(13-20)12-14-6-2-1-3-7-14/h1-9,15,19H,10-13H2. The number of halogens is 1. The first-order chi connectivity index (χ1) is 9.83. The van der Waals surface area contributed by atoms with Crippen LogP contribution < -0.4 is 10.2 Å². The Bertz CT molecular complexity index is 556. The highest BCUT2D eigenvalue weighted by Crippen LogP contribution is 2.20. The van der Waals surface area contributed by atoms with Crippen LogP contribution in [0.2, 0.25) is 0 Å². The van der Waals surface area contributed by atoms with Gasteiger partial charge in [0.25, 0.3) is 0 Å². The van der Waals surface area contributed by atoms with E-state index in [4.69, 9.17) is 0 Å². The number of para-hydroxylation sites is 1. The van der Waals surface area contributed by atoms with Crippen LogP contribution in [0, 0.1) is 5.82 Å². The molecule has 1 fully saturated rings. The summed E-state index contributed by atoms with van der Waals surface area (Å²) in [4.78, 5) is 2.14. The van der Waals surface area contributed by atoms with Gasteiger partial charge < -0.3 is 10.2 Å². The second-order valence-corrected chi connectivity index (χ2v) is 5.24. The van der Waals surface area contributed by atoms with Gasteiger partial charge in [-0.15, -0.1) is 0 Å². The largest absolute Gasteiger partial charge is 0.366 e. The molecule has 0 bridgehead atoms. The fourth-order valence-corrected chi connectivity index (χ4v) is 2.79. The molecule has 0 aliphatic carbocycles. The van der Waals surface area contributed by atoms with Crippen molar-refractivity contribution in [3.05, 3.63) is 66.0 Å². The van der Waals surface area contributed by atoms with Gasteiger partial charge >= 0.3 is 0 Å². The first-order valence-electron chi connectivity index (χ1n) is 7.10. The first-order valence-corrected chi connectivity index (χ1v) is 7.10. The van der Waals surface area contributed by atoms with Crippen LogP contribution in [0.1, 0.15) is 5.56 Å². The minimum atomic E-state index is -0.132. The Hall–Kier alpha value is -1.87. The molecule has 20 heavy (non-hydrogen) atoms. The minimum absolute atomic E-state index is 0.132. The predicted molar refractivity (Wildman–Crippen MR) is 80.5 cm³/mol. The normalized spacial score (nSPS) is 19.1. The quantitative estimate of drug-likeness (QED) is 0.922. The Kier molecular flexibility index (Phi) is 3.97. The summed E-state index contributed by atoms with van der Waals surface area (Å²) >= 11 is 0. The lowest BCUT2D eigenvalue weighted by Gasteiger charge is -2.35. The van der Waals surface area contributed by atoms with Gasteiger partial charge in [-0.25, -0.2) is 4.39 Å². The minimum Gasteiger partial charge on any atom is -0.366 e. The van der Waals surface area contributed by atoms with Gasteiger partial charge in [-0.3, -0.25) is 0 Å². The highest BCUT2D eigenvalue weighted by Gasteiger charge is 2.21. The molecule has 0 amide bonds. The summed E-state index contributed by atoms with van der Waals surface area (Å²) in [6.45, 7) is 2.59. The number of rotatable bonds is 3. The lowest BCUT2D eigenvalue weighted by molar-refractivity contribution is 0.450. The van der Waals surface area contributed by atoms with Crippen LogP contribution in [0.4, 0.5) is 10.1 Å². The summed E-state index contributed by atoms with van der Waals surface area (Å²) in [6, 6.07) is 17.8. The van der Waals surface area contributed by atoms with Gasteiger partial charge in [-0.1, -0.05) is 42.5 Å². The summed E-state index contributed by atoms with van der Waals surface area (Å²) < 4.78 is 13.9. The van der Waals surface area contributed by atoms with E-state index in [1.54, 1.807) is 6.07 Å². The van der Waals surface area contributed by atoms with Crippen LogP contribution in [-0.2, 0) is 6.42 Å². The molecular formula is C17H19FN2. The molecule has 1 unspecified atom stereocenters. The molecule has 2 nitrogen and oxygen atoms in total. The van der Waals surface area contributed by atoms with Gasteiger partial charge in [0.15, 0.2) is 0 Å². The van der Waals surface area contributed by atoms with E-state index < -0.39 is 0 Å². The van der Waals surface area contributed by atoms with Crippen molar-refractivity contribution in [1.82, 2.24) is 5.32 Å². The molecule has 1 heterocycles. The highest BCUT2D eigenvalue weighted by molar-refractivity contribution is 5.48. The maximum atomic E-state index is 13.9. The van der Waals surface area contributed by atoms with Gasteiger partial charge in [0.1, 0.15) is 5.82 Å². The fraction of sp³-hybridized carbons (Fsp3) is 0.294. The molecule has 104 valence electrons. The number of benzene rings is 2. The van der Waals surface area contributed by atoms with Gasteiger partial charge in [-0.2, -0.15) is 0 Å². The number of hydrogen-bond donors (Lipinski definition) is 1. The summed E-state index contributed by atoms with van der Waals surface area (Å²) in [5, 5.41) is 3.52. The number of piperazine rings is 1. The fourth-order valence-electron chi connectivity index (χ4n) is 2.79. The van der Waals surface area contributed by atoms with Crippen molar-refractivity contribution in [2.45, 2.75) is 12.5 Å².